The van der Waals surface area contributed by atoms with E-state index >= 15 is 0 Å². The summed E-state index contributed by atoms with van der Waals surface area (Å²) in [5.41, 5.74) is 0.664. The summed E-state index contributed by atoms with van der Waals surface area (Å²) in [7, 11) is 0. The molecule has 0 aliphatic carbocycles. The molecule has 0 radical (unpaired) electrons. The third-order valence-corrected chi connectivity index (χ3v) is 2.96. The minimum atomic E-state index is -4.88. The van der Waals surface area contributed by atoms with E-state index in [1.165, 1.54) is 23.5 Å². The topological polar surface area (TPSA) is 42.0 Å². The van der Waals surface area contributed by atoms with E-state index in [4.69, 9.17) is 0 Å². The molecule has 0 spiro atoms. The number of rotatable bonds is 1. The van der Waals surface area contributed by atoms with Gasteiger partial charge in [0.15, 0.2) is 0 Å². The van der Waals surface area contributed by atoms with Gasteiger partial charge >= 0.3 is 12.1 Å². The molecule has 1 aromatic heterocycles. The monoisotopic (exact) mass is 260 g/mol. The van der Waals surface area contributed by atoms with Crippen molar-refractivity contribution in [2.45, 2.75) is 13.1 Å². The van der Waals surface area contributed by atoms with Crippen LogP contribution >= 0.6 is 11.3 Å². The number of amides is 1. The molecule has 0 fully saturated rings. The molecule has 1 heterocycles. The molecule has 3 nitrogen and oxygen atoms in total. The first-order chi connectivity index (χ1) is 7.86. The number of carbonyl (C=O) groups excluding carboxylic acids is 1. The second kappa shape index (κ2) is 3.99. The van der Waals surface area contributed by atoms with Crippen molar-refractivity contribution in [2.24, 2.45) is 0 Å². The number of aromatic nitrogens is 1. The molecule has 0 bridgehead atoms. The van der Waals surface area contributed by atoms with Crippen molar-refractivity contribution in [3.05, 3.63) is 23.2 Å². The van der Waals surface area contributed by atoms with E-state index in [2.05, 4.69) is 4.98 Å². The van der Waals surface area contributed by atoms with Gasteiger partial charge in [0, 0.05) is 5.69 Å². The lowest BCUT2D eigenvalue weighted by Gasteiger charge is -2.07. The molecule has 0 aliphatic heterocycles. The van der Waals surface area contributed by atoms with Gasteiger partial charge in [-0.3, -0.25) is 4.79 Å². The Bertz CT molecular complexity index is 576. The fourth-order valence-corrected chi connectivity index (χ4v) is 2.13. The highest BCUT2D eigenvalue weighted by molar-refractivity contribution is 7.18. The average Bonchev–Trinajstić information content (AvgIpc) is 2.55. The molecule has 1 N–H and O–H groups in total. The fraction of sp³-hybridized carbons (Fsp3) is 0.200. The maximum atomic E-state index is 12.0. The number of alkyl halides is 3. The normalized spacial score (nSPS) is 11.8. The molecule has 7 heteroatoms. The number of hydrogen-bond donors (Lipinski definition) is 1. The van der Waals surface area contributed by atoms with Gasteiger partial charge in [-0.25, -0.2) is 4.98 Å². The van der Waals surface area contributed by atoms with Gasteiger partial charge in [-0.1, -0.05) is 0 Å². The van der Waals surface area contributed by atoms with Crippen molar-refractivity contribution in [3.63, 3.8) is 0 Å². The van der Waals surface area contributed by atoms with Gasteiger partial charge in [0.1, 0.15) is 0 Å². The number of nitrogens with zero attached hydrogens (tertiary/aromatic N) is 1. The van der Waals surface area contributed by atoms with Crippen molar-refractivity contribution in [2.75, 3.05) is 5.32 Å². The van der Waals surface area contributed by atoms with E-state index in [9.17, 15) is 18.0 Å². The zero-order valence-electron chi connectivity index (χ0n) is 8.63. The van der Waals surface area contributed by atoms with E-state index in [1.807, 2.05) is 0 Å². The number of benzene rings is 1. The summed E-state index contributed by atoms with van der Waals surface area (Å²) < 4.78 is 36.9. The van der Waals surface area contributed by atoms with Crippen molar-refractivity contribution in [1.29, 1.82) is 0 Å². The van der Waals surface area contributed by atoms with Crippen LogP contribution in [0.25, 0.3) is 10.2 Å². The Balaban J connectivity index is 2.28. The highest BCUT2D eigenvalue weighted by Gasteiger charge is 2.38. The number of anilines is 1. The summed E-state index contributed by atoms with van der Waals surface area (Å²) in [6, 6.07) is 4.47. The first-order valence-electron chi connectivity index (χ1n) is 4.61. The summed E-state index contributed by atoms with van der Waals surface area (Å²) in [5.74, 6) is -1.98. The maximum Gasteiger partial charge on any atom is 0.471 e. The zero-order chi connectivity index (χ0) is 12.6. The molecule has 1 amide bonds. The SMILES string of the molecule is Cc1nc2cc(NC(=O)C(F)(F)F)ccc2s1. The highest BCUT2D eigenvalue weighted by Crippen LogP contribution is 2.25. The fourth-order valence-electron chi connectivity index (χ4n) is 1.32. The Morgan fingerprint density at radius 1 is 1.41 bits per heavy atom. The van der Waals surface area contributed by atoms with Gasteiger partial charge < -0.3 is 5.32 Å². The van der Waals surface area contributed by atoms with Crippen LogP contribution in [0.2, 0.25) is 0 Å². The Labute approximate surface area is 98.3 Å². The van der Waals surface area contributed by atoms with Crippen molar-refractivity contribution in [3.8, 4) is 0 Å². The van der Waals surface area contributed by atoms with Crippen molar-refractivity contribution >= 4 is 33.1 Å². The number of halogens is 3. The van der Waals surface area contributed by atoms with Crippen LogP contribution in [-0.4, -0.2) is 17.1 Å². The first-order valence-corrected chi connectivity index (χ1v) is 5.43. The van der Waals surface area contributed by atoms with Gasteiger partial charge in [0.25, 0.3) is 0 Å². The summed E-state index contributed by atoms with van der Waals surface area (Å²) >= 11 is 1.44. The molecule has 90 valence electrons. The zero-order valence-corrected chi connectivity index (χ0v) is 9.45. The molecule has 0 saturated carbocycles. The molecule has 0 unspecified atom stereocenters. The maximum absolute atomic E-state index is 12.0. The molecular formula is C10H7F3N2OS. The predicted octanol–water partition coefficient (Wildman–Crippen LogP) is 3.11. The number of carbonyl (C=O) groups is 1. The Hall–Kier alpha value is -1.63. The molecule has 0 atom stereocenters. The Morgan fingerprint density at radius 3 is 2.76 bits per heavy atom. The third kappa shape index (κ3) is 2.55. The van der Waals surface area contributed by atoms with E-state index in [0.717, 1.165) is 9.71 Å². The summed E-state index contributed by atoms with van der Waals surface area (Å²) in [6.07, 6.45) is -4.88. The lowest BCUT2D eigenvalue weighted by Crippen LogP contribution is -2.29. The molecule has 2 rings (SSSR count). The summed E-state index contributed by atoms with van der Waals surface area (Å²) in [4.78, 5) is 14.9. The molecule has 2 aromatic rings. The van der Waals surface area contributed by atoms with Crippen LogP contribution in [-0.2, 0) is 4.79 Å². The lowest BCUT2D eigenvalue weighted by molar-refractivity contribution is -0.167. The van der Waals surface area contributed by atoms with Gasteiger partial charge in [0.05, 0.1) is 15.2 Å². The van der Waals surface area contributed by atoms with Gasteiger partial charge in [-0.2, -0.15) is 13.2 Å². The van der Waals surface area contributed by atoms with Gasteiger partial charge in [0.2, 0.25) is 0 Å². The number of aryl methyl sites for hydroxylation is 1. The minimum absolute atomic E-state index is 0.0881. The van der Waals surface area contributed by atoms with E-state index in [-0.39, 0.29) is 5.69 Å². The largest absolute Gasteiger partial charge is 0.471 e. The first kappa shape index (κ1) is 11.8. The van der Waals surface area contributed by atoms with Crippen LogP contribution in [0, 0.1) is 6.92 Å². The van der Waals surface area contributed by atoms with Crippen LogP contribution in [0.1, 0.15) is 5.01 Å². The number of thiazole rings is 1. The Kier molecular flexibility index (Phi) is 2.78. The van der Waals surface area contributed by atoms with Gasteiger partial charge in [-0.05, 0) is 25.1 Å². The van der Waals surface area contributed by atoms with Gasteiger partial charge in [-0.15, -0.1) is 11.3 Å². The standard InChI is InChI=1S/C10H7F3N2OS/c1-5-14-7-4-6(2-3-8(7)17-5)15-9(16)10(11,12)13/h2-4H,1H3,(H,15,16). The van der Waals surface area contributed by atoms with E-state index < -0.39 is 12.1 Å². The molecule has 1 aromatic carbocycles. The Morgan fingerprint density at radius 2 is 2.12 bits per heavy atom. The third-order valence-electron chi connectivity index (χ3n) is 2.01. The summed E-state index contributed by atoms with van der Waals surface area (Å²) in [6.45, 7) is 1.80. The molecule has 17 heavy (non-hydrogen) atoms. The molecular weight excluding hydrogens is 253 g/mol. The lowest BCUT2D eigenvalue weighted by atomic mass is 10.3. The predicted molar refractivity (Wildman–Crippen MR) is 59.0 cm³/mol. The summed E-state index contributed by atoms with van der Waals surface area (Å²) in [5, 5.41) is 2.60. The second-order valence-corrected chi connectivity index (χ2v) is 4.60. The number of hydrogen-bond acceptors (Lipinski definition) is 3. The van der Waals surface area contributed by atoms with Crippen LogP contribution in [0.15, 0.2) is 18.2 Å². The highest BCUT2D eigenvalue weighted by atomic mass is 32.1. The van der Waals surface area contributed by atoms with E-state index in [1.54, 1.807) is 18.3 Å². The quantitative estimate of drug-likeness (QED) is 0.856. The number of fused-ring (bicyclic) bond motifs is 1. The van der Waals surface area contributed by atoms with Crippen LogP contribution in [0.4, 0.5) is 18.9 Å². The van der Waals surface area contributed by atoms with E-state index in [0.29, 0.717) is 5.52 Å². The molecule has 0 aliphatic rings. The molecule has 0 saturated heterocycles. The van der Waals surface area contributed by atoms with Crippen molar-refractivity contribution in [1.82, 2.24) is 4.98 Å². The van der Waals surface area contributed by atoms with Crippen LogP contribution < -0.4 is 5.32 Å². The minimum Gasteiger partial charge on any atom is -0.318 e. The second-order valence-electron chi connectivity index (χ2n) is 3.37. The van der Waals surface area contributed by atoms with Crippen molar-refractivity contribution < 1.29 is 18.0 Å². The smallest absolute Gasteiger partial charge is 0.318 e. The number of nitrogens with one attached hydrogen (secondary N) is 1. The van der Waals surface area contributed by atoms with Crippen LogP contribution in [0.5, 0.6) is 0 Å². The average molecular weight is 260 g/mol. The van der Waals surface area contributed by atoms with Crippen LogP contribution in [0.3, 0.4) is 0 Å².